The lowest BCUT2D eigenvalue weighted by Crippen LogP contribution is -2.34. The molecule has 0 unspecified atom stereocenters. The Labute approximate surface area is 134 Å². The van der Waals surface area contributed by atoms with E-state index in [-0.39, 0.29) is 5.91 Å². The lowest BCUT2D eigenvalue weighted by molar-refractivity contribution is 0.0951. The van der Waals surface area contributed by atoms with E-state index in [2.05, 4.69) is 27.6 Å². The topological polar surface area (TPSA) is 96.9 Å². The average molecular weight is 312 g/mol. The van der Waals surface area contributed by atoms with Crippen LogP contribution in [0.15, 0.2) is 41.1 Å². The molecule has 3 rings (SSSR count). The molecule has 6 heteroatoms. The van der Waals surface area contributed by atoms with Gasteiger partial charge in [-0.15, -0.1) is 0 Å². The van der Waals surface area contributed by atoms with E-state index in [0.717, 1.165) is 11.2 Å². The van der Waals surface area contributed by atoms with Crippen LogP contribution in [0.1, 0.15) is 35.6 Å². The van der Waals surface area contributed by atoms with Gasteiger partial charge in [0.2, 0.25) is 0 Å². The molecule has 0 aliphatic carbocycles. The molecule has 0 saturated heterocycles. The number of para-hydroxylation sites is 1. The first-order chi connectivity index (χ1) is 10.9. The molecule has 0 saturated carbocycles. The number of nitrogens with one attached hydrogen (secondary N) is 2. The fourth-order valence-corrected chi connectivity index (χ4v) is 2.54. The summed E-state index contributed by atoms with van der Waals surface area (Å²) in [7, 11) is 0. The van der Waals surface area contributed by atoms with Crippen LogP contribution in [0, 0.1) is 0 Å². The highest BCUT2D eigenvalue weighted by atomic mass is 16.5. The second-order valence-electron chi connectivity index (χ2n) is 6.19. The van der Waals surface area contributed by atoms with Crippen LogP contribution in [0.4, 0.5) is 0 Å². The number of carbonyl (C=O) groups excluding carboxylic acids is 1. The third-order valence-electron chi connectivity index (χ3n) is 3.69. The minimum atomic E-state index is -0.725. The van der Waals surface area contributed by atoms with E-state index in [1.165, 1.54) is 11.6 Å². The quantitative estimate of drug-likeness (QED) is 0.673. The van der Waals surface area contributed by atoms with Gasteiger partial charge in [-0.3, -0.25) is 4.79 Å². The maximum absolute atomic E-state index is 12.3. The second kappa shape index (κ2) is 5.89. The molecule has 0 aliphatic heterocycles. The average Bonchev–Trinajstić information content (AvgIpc) is 3.13. The van der Waals surface area contributed by atoms with Crippen LogP contribution in [0.25, 0.3) is 10.9 Å². The van der Waals surface area contributed by atoms with Crippen molar-refractivity contribution in [3.05, 3.63) is 53.5 Å². The van der Waals surface area contributed by atoms with E-state index in [0.29, 0.717) is 24.2 Å². The number of carbonyl (C=O) groups is 1. The van der Waals surface area contributed by atoms with Crippen molar-refractivity contribution in [1.29, 1.82) is 0 Å². The van der Waals surface area contributed by atoms with Gasteiger partial charge in [0.05, 0.1) is 5.54 Å². The number of amides is 1. The molecule has 2 aromatic heterocycles. The molecule has 0 bridgehead atoms. The van der Waals surface area contributed by atoms with Crippen LogP contribution in [-0.4, -0.2) is 22.6 Å². The molecule has 3 aromatic rings. The molecule has 1 aromatic carbocycles. The summed E-state index contributed by atoms with van der Waals surface area (Å²) in [5.41, 5.74) is 8.29. The minimum absolute atomic E-state index is 0.226. The van der Waals surface area contributed by atoms with Crippen molar-refractivity contribution in [3.8, 4) is 0 Å². The molecule has 120 valence electrons. The predicted octanol–water partition coefficient (Wildman–Crippen LogP) is 2.32. The van der Waals surface area contributed by atoms with E-state index >= 15 is 0 Å². The molecule has 4 N–H and O–H groups in total. The van der Waals surface area contributed by atoms with E-state index in [1.54, 1.807) is 13.8 Å². The number of hydrogen-bond donors (Lipinski definition) is 3. The van der Waals surface area contributed by atoms with Gasteiger partial charge < -0.3 is 20.6 Å². The van der Waals surface area contributed by atoms with Gasteiger partial charge in [-0.1, -0.05) is 23.4 Å². The Morgan fingerprint density at radius 1 is 1.39 bits per heavy atom. The molecular weight excluding hydrogens is 292 g/mol. The van der Waals surface area contributed by atoms with Crippen LogP contribution >= 0.6 is 0 Å². The third kappa shape index (κ3) is 3.27. The van der Waals surface area contributed by atoms with Crippen LogP contribution in [0.5, 0.6) is 0 Å². The highest BCUT2D eigenvalue weighted by Gasteiger charge is 2.26. The van der Waals surface area contributed by atoms with Crippen molar-refractivity contribution < 1.29 is 9.32 Å². The Hall–Kier alpha value is -2.60. The van der Waals surface area contributed by atoms with E-state index in [4.69, 9.17) is 10.3 Å². The fourth-order valence-electron chi connectivity index (χ4n) is 2.54. The Bertz CT molecular complexity index is 793. The summed E-state index contributed by atoms with van der Waals surface area (Å²) in [6.45, 7) is 4.08. The van der Waals surface area contributed by atoms with Crippen LogP contribution in [-0.2, 0) is 12.0 Å². The van der Waals surface area contributed by atoms with Crippen LogP contribution in [0.3, 0.4) is 0 Å². The van der Waals surface area contributed by atoms with Gasteiger partial charge in [-0.05, 0) is 31.4 Å². The summed E-state index contributed by atoms with van der Waals surface area (Å²) in [5, 5.41) is 7.88. The van der Waals surface area contributed by atoms with Gasteiger partial charge in [0.15, 0.2) is 0 Å². The van der Waals surface area contributed by atoms with Crippen LogP contribution < -0.4 is 11.1 Å². The van der Waals surface area contributed by atoms with E-state index < -0.39 is 5.54 Å². The molecule has 6 nitrogen and oxygen atoms in total. The van der Waals surface area contributed by atoms with Crippen molar-refractivity contribution >= 4 is 16.8 Å². The molecule has 0 spiro atoms. The molecule has 2 heterocycles. The first kappa shape index (κ1) is 15.3. The Morgan fingerprint density at radius 3 is 2.91 bits per heavy atom. The smallest absolute Gasteiger partial charge is 0.256 e. The van der Waals surface area contributed by atoms with Crippen LogP contribution in [0.2, 0.25) is 0 Å². The molecule has 1 amide bonds. The summed E-state index contributed by atoms with van der Waals surface area (Å²) in [4.78, 5) is 15.6. The van der Waals surface area contributed by atoms with Crippen molar-refractivity contribution in [2.24, 2.45) is 5.73 Å². The van der Waals surface area contributed by atoms with Gasteiger partial charge in [0, 0.05) is 24.2 Å². The number of hydrogen-bond acceptors (Lipinski definition) is 4. The summed E-state index contributed by atoms with van der Waals surface area (Å²) in [6, 6.07) is 10.2. The number of nitrogens with two attached hydrogens (primary N) is 1. The summed E-state index contributed by atoms with van der Waals surface area (Å²) in [5.74, 6) is -0.226. The number of fused-ring (bicyclic) bond motifs is 1. The molecule has 0 aliphatic rings. The highest BCUT2D eigenvalue weighted by molar-refractivity contribution is 5.95. The molecule has 23 heavy (non-hydrogen) atoms. The number of benzene rings is 1. The van der Waals surface area contributed by atoms with Gasteiger partial charge in [-0.25, -0.2) is 0 Å². The summed E-state index contributed by atoms with van der Waals surface area (Å²) >= 11 is 0. The van der Waals surface area contributed by atoms with Crippen molar-refractivity contribution in [3.63, 3.8) is 0 Å². The monoisotopic (exact) mass is 312 g/mol. The van der Waals surface area contributed by atoms with Crippen molar-refractivity contribution in [2.45, 2.75) is 25.8 Å². The Kier molecular flexibility index (Phi) is 3.92. The normalized spacial score (nSPS) is 11.8. The number of aromatic amines is 1. The van der Waals surface area contributed by atoms with Gasteiger partial charge >= 0.3 is 0 Å². The predicted molar refractivity (Wildman–Crippen MR) is 88.1 cm³/mol. The van der Waals surface area contributed by atoms with Crippen molar-refractivity contribution in [1.82, 2.24) is 15.5 Å². The zero-order valence-corrected chi connectivity index (χ0v) is 13.2. The lowest BCUT2D eigenvalue weighted by Gasteiger charge is -2.16. The van der Waals surface area contributed by atoms with E-state index in [1.807, 2.05) is 18.2 Å². The van der Waals surface area contributed by atoms with Gasteiger partial charge in [0.25, 0.3) is 5.91 Å². The first-order valence-electron chi connectivity index (χ1n) is 7.54. The molecule has 0 fully saturated rings. The second-order valence-corrected chi connectivity index (χ2v) is 6.19. The fraction of sp³-hybridized carbons (Fsp3) is 0.294. The highest BCUT2D eigenvalue weighted by Crippen LogP contribution is 2.19. The first-order valence-corrected chi connectivity index (χ1v) is 7.54. The summed E-state index contributed by atoms with van der Waals surface area (Å²) in [6.07, 6.45) is 2.05. The van der Waals surface area contributed by atoms with Gasteiger partial charge in [0.1, 0.15) is 17.5 Å². The zero-order valence-electron chi connectivity index (χ0n) is 13.2. The number of rotatable bonds is 5. The van der Waals surface area contributed by atoms with Gasteiger partial charge in [-0.2, -0.15) is 0 Å². The SMILES string of the molecule is CC(C)(N)c1nocc1C(=O)NCCc1cc2ccccc2[nH]1. The summed E-state index contributed by atoms with van der Waals surface area (Å²) < 4.78 is 4.90. The third-order valence-corrected chi connectivity index (χ3v) is 3.69. The molecule has 0 atom stereocenters. The lowest BCUT2D eigenvalue weighted by atomic mass is 9.98. The number of aromatic nitrogens is 2. The number of H-pyrrole nitrogens is 1. The maximum atomic E-state index is 12.3. The zero-order chi connectivity index (χ0) is 16.4. The van der Waals surface area contributed by atoms with Crippen molar-refractivity contribution in [2.75, 3.05) is 6.54 Å². The molecule has 0 radical (unpaired) electrons. The van der Waals surface area contributed by atoms with E-state index in [9.17, 15) is 4.79 Å². The Balaban J connectivity index is 1.62. The molecular formula is C17H20N4O2. The minimum Gasteiger partial charge on any atom is -0.364 e. The standard InChI is InChI=1S/C17H20N4O2/c1-17(2,18)15-13(10-23-21-15)16(22)19-8-7-12-9-11-5-3-4-6-14(11)20-12/h3-6,9-10,20H,7-8,18H2,1-2H3,(H,19,22). The number of nitrogens with zero attached hydrogens (tertiary/aromatic N) is 1. The largest absolute Gasteiger partial charge is 0.364 e. The maximum Gasteiger partial charge on any atom is 0.256 e. The Morgan fingerprint density at radius 2 is 2.17 bits per heavy atom.